The molecule has 25 heavy (non-hydrogen) atoms. The summed E-state index contributed by atoms with van der Waals surface area (Å²) in [5, 5.41) is 0. The van der Waals surface area contributed by atoms with E-state index in [2.05, 4.69) is 38.1 Å². The van der Waals surface area contributed by atoms with E-state index in [0.717, 1.165) is 0 Å². The van der Waals surface area contributed by atoms with Crippen LogP contribution in [0.5, 0.6) is 0 Å². The molecule has 140 valence electrons. The second kappa shape index (κ2) is 19.6. The molecule has 0 heterocycles. The predicted octanol–water partition coefficient (Wildman–Crippen LogP) is 7.62. The zero-order valence-corrected chi connectivity index (χ0v) is 16.6. The zero-order valence-electron chi connectivity index (χ0n) is 16.6. The minimum absolute atomic E-state index is 0. The number of hydrogen-bond acceptors (Lipinski definition) is 0. The molecule has 0 N–H and O–H groups in total. The summed E-state index contributed by atoms with van der Waals surface area (Å²) in [5.41, 5.74) is 3.24. The molecule has 0 atom stereocenters. The number of unbranched alkanes of at least 4 members (excludes halogenated alkanes) is 12. The van der Waals surface area contributed by atoms with Gasteiger partial charge in [-0.15, -0.1) is 0 Å². The van der Waals surface area contributed by atoms with E-state index in [1.165, 1.54) is 103 Å². The molecule has 0 aromatic heterocycles. The Labute approximate surface area is 201 Å². The van der Waals surface area contributed by atoms with Gasteiger partial charge in [0.05, 0.1) is 0 Å². The summed E-state index contributed by atoms with van der Waals surface area (Å²) in [5.74, 6) is 0. The Balaban J connectivity index is 0.00000576. The summed E-state index contributed by atoms with van der Waals surface area (Å²) in [4.78, 5) is 0. The van der Waals surface area contributed by atoms with Gasteiger partial charge >= 0.3 is 51.4 Å². The van der Waals surface area contributed by atoms with E-state index in [-0.39, 0.29) is 51.4 Å². The summed E-state index contributed by atoms with van der Waals surface area (Å²) in [7, 11) is 0. The average Bonchev–Trinajstić information content (AvgIpc) is 2.61. The monoisotopic (exact) mass is 370 g/mol. The zero-order chi connectivity index (χ0) is 17.3. The van der Waals surface area contributed by atoms with Crippen molar-refractivity contribution in [3.8, 4) is 0 Å². The van der Waals surface area contributed by atoms with E-state index in [9.17, 15) is 0 Å². The molecule has 0 unspecified atom stereocenters. The van der Waals surface area contributed by atoms with Crippen LogP contribution >= 0.6 is 0 Å². The molecule has 0 aliphatic carbocycles. The van der Waals surface area contributed by atoms with Crippen molar-refractivity contribution in [2.24, 2.45) is 0 Å². The van der Waals surface area contributed by atoms with Crippen LogP contribution in [0, 0.1) is 0 Å². The second-order valence-corrected chi connectivity index (χ2v) is 7.51. The molecule has 0 aliphatic rings. The van der Waals surface area contributed by atoms with Crippen LogP contribution in [0.3, 0.4) is 0 Å². The van der Waals surface area contributed by atoms with E-state index in [1.54, 1.807) is 11.1 Å². The van der Waals surface area contributed by atoms with Gasteiger partial charge in [0.25, 0.3) is 0 Å². The van der Waals surface area contributed by atoms with Crippen LogP contribution < -0.4 is 0 Å². The molecule has 0 amide bonds. The Morgan fingerprint density at radius 3 is 1.16 bits per heavy atom. The average molecular weight is 371 g/mol. The standard InChI is InChI=1S/C24H42.K.H/c1-3-5-7-9-11-12-14-16-20-24-22-18-17-21-23(24)19-15-13-10-8-6-4-2;;/h17-18,21-22H,3-16,19-20H2,1-2H3;;. The summed E-state index contributed by atoms with van der Waals surface area (Å²) in [6.07, 6.45) is 22.3. The second-order valence-electron chi connectivity index (χ2n) is 7.51. The molecule has 0 saturated heterocycles. The van der Waals surface area contributed by atoms with Crippen LogP contribution in [0.15, 0.2) is 24.3 Å². The van der Waals surface area contributed by atoms with Crippen molar-refractivity contribution in [1.29, 1.82) is 0 Å². The van der Waals surface area contributed by atoms with E-state index < -0.39 is 0 Å². The van der Waals surface area contributed by atoms with Gasteiger partial charge in [0.2, 0.25) is 0 Å². The minimum atomic E-state index is 0. The number of rotatable bonds is 16. The molecule has 1 aromatic rings. The molecule has 0 saturated carbocycles. The fraction of sp³-hybridized carbons (Fsp3) is 0.750. The van der Waals surface area contributed by atoms with Crippen molar-refractivity contribution in [3.05, 3.63) is 35.4 Å². The first-order valence-electron chi connectivity index (χ1n) is 10.9. The molecule has 0 spiro atoms. The third-order valence-electron chi connectivity index (χ3n) is 5.22. The van der Waals surface area contributed by atoms with Gasteiger partial charge in [0.1, 0.15) is 0 Å². The van der Waals surface area contributed by atoms with Crippen molar-refractivity contribution >= 4 is 51.4 Å². The normalized spacial score (nSPS) is 10.6. The predicted molar refractivity (Wildman–Crippen MR) is 117 cm³/mol. The van der Waals surface area contributed by atoms with Crippen LogP contribution in [-0.4, -0.2) is 51.4 Å². The molecule has 0 aliphatic heterocycles. The number of benzene rings is 1. The molecular weight excluding hydrogens is 327 g/mol. The van der Waals surface area contributed by atoms with Crippen LogP contribution in [0.1, 0.15) is 115 Å². The van der Waals surface area contributed by atoms with Crippen LogP contribution in [0.2, 0.25) is 0 Å². The summed E-state index contributed by atoms with van der Waals surface area (Å²) >= 11 is 0. The molecular formula is C24H43K. The maximum atomic E-state index is 2.37. The third-order valence-corrected chi connectivity index (χ3v) is 5.22. The fourth-order valence-electron chi connectivity index (χ4n) is 3.59. The van der Waals surface area contributed by atoms with Gasteiger partial charge in [0, 0.05) is 0 Å². The first-order chi connectivity index (χ1) is 11.9. The topological polar surface area (TPSA) is 0 Å². The molecule has 1 aromatic carbocycles. The van der Waals surface area contributed by atoms with E-state index in [4.69, 9.17) is 0 Å². The first kappa shape index (κ1) is 25.9. The Bertz CT molecular complexity index is 385. The number of hydrogen-bond donors (Lipinski definition) is 0. The Kier molecular flexibility index (Phi) is 20.3. The van der Waals surface area contributed by atoms with E-state index in [0.29, 0.717) is 0 Å². The van der Waals surface area contributed by atoms with Gasteiger partial charge in [-0.2, -0.15) is 0 Å². The third kappa shape index (κ3) is 14.6. The van der Waals surface area contributed by atoms with Gasteiger partial charge < -0.3 is 0 Å². The summed E-state index contributed by atoms with van der Waals surface area (Å²) < 4.78 is 0. The van der Waals surface area contributed by atoms with Crippen molar-refractivity contribution in [1.82, 2.24) is 0 Å². The van der Waals surface area contributed by atoms with Gasteiger partial charge in [-0.05, 0) is 36.8 Å². The van der Waals surface area contributed by atoms with Crippen LogP contribution in [0.25, 0.3) is 0 Å². The van der Waals surface area contributed by atoms with Crippen molar-refractivity contribution < 1.29 is 0 Å². The number of aryl methyl sites for hydroxylation is 2. The van der Waals surface area contributed by atoms with Crippen LogP contribution in [-0.2, 0) is 12.8 Å². The maximum absolute atomic E-state index is 2.37. The Hall–Kier alpha value is 0.856. The van der Waals surface area contributed by atoms with Gasteiger partial charge in [-0.25, -0.2) is 0 Å². The van der Waals surface area contributed by atoms with Gasteiger partial charge in [-0.3, -0.25) is 0 Å². The molecule has 0 fully saturated rings. The van der Waals surface area contributed by atoms with E-state index in [1.807, 2.05) is 0 Å². The molecule has 0 bridgehead atoms. The van der Waals surface area contributed by atoms with Gasteiger partial charge in [-0.1, -0.05) is 115 Å². The van der Waals surface area contributed by atoms with Crippen molar-refractivity contribution in [2.45, 2.75) is 117 Å². The quantitative estimate of drug-likeness (QED) is 0.207. The van der Waals surface area contributed by atoms with E-state index >= 15 is 0 Å². The van der Waals surface area contributed by atoms with Crippen LogP contribution in [0.4, 0.5) is 0 Å². The molecule has 0 radical (unpaired) electrons. The molecule has 1 heteroatoms. The SMILES string of the molecule is CCCCCCCCCCc1ccccc1CCCCCCCC.[KH]. The Morgan fingerprint density at radius 1 is 0.480 bits per heavy atom. The first-order valence-corrected chi connectivity index (χ1v) is 10.9. The van der Waals surface area contributed by atoms with Crippen molar-refractivity contribution in [3.63, 3.8) is 0 Å². The van der Waals surface area contributed by atoms with Gasteiger partial charge in [0.15, 0.2) is 0 Å². The van der Waals surface area contributed by atoms with Crippen molar-refractivity contribution in [2.75, 3.05) is 0 Å². The molecule has 1 rings (SSSR count). The summed E-state index contributed by atoms with van der Waals surface area (Å²) in [6.45, 7) is 4.59. The fourth-order valence-corrected chi connectivity index (χ4v) is 3.59. The summed E-state index contributed by atoms with van der Waals surface area (Å²) in [6, 6.07) is 9.19. The Morgan fingerprint density at radius 2 is 0.800 bits per heavy atom. The molecule has 0 nitrogen and oxygen atoms in total.